The van der Waals surface area contributed by atoms with Crippen molar-refractivity contribution in [2.75, 3.05) is 26.2 Å². The molecule has 0 radical (unpaired) electrons. The first-order chi connectivity index (χ1) is 13.7. The smallest absolute Gasteiger partial charge is 0.226 e. The molecule has 1 amide bonds. The van der Waals surface area contributed by atoms with Crippen LogP contribution >= 0.6 is 22.9 Å². The number of thiophene rings is 1. The van der Waals surface area contributed by atoms with Gasteiger partial charge in [0.15, 0.2) is 0 Å². The van der Waals surface area contributed by atoms with Crippen LogP contribution in [0.2, 0.25) is 5.02 Å². The number of carbonyl (C=O) groups excluding carboxylic acids is 1. The van der Waals surface area contributed by atoms with Gasteiger partial charge in [-0.25, -0.2) is 5.43 Å². The van der Waals surface area contributed by atoms with E-state index in [0.29, 0.717) is 17.5 Å². The first-order valence-electron chi connectivity index (χ1n) is 9.95. The lowest BCUT2D eigenvalue weighted by atomic mass is 9.93. The molecule has 0 spiro atoms. The summed E-state index contributed by atoms with van der Waals surface area (Å²) in [5.74, 6) is 0.582. The number of rotatable bonds is 6. The number of benzene rings is 1. The van der Waals surface area contributed by atoms with Crippen molar-refractivity contribution in [1.82, 2.24) is 21.1 Å². The molecule has 0 bridgehead atoms. The minimum atomic E-state index is -0.111. The van der Waals surface area contributed by atoms with Crippen molar-refractivity contribution in [3.63, 3.8) is 0 Å². The summed E-state index contributed by atoms with van der Waals surface area (Å²) < 4.78 is 0. The molecule has 150 valence electrons. The zero-order valence-corrected chi connectivity index (χ0v) is 17.4. The van der Waals surface area contributed by atoms with Crippen molar-refractivity contribution in [1.29, 1.82) is 0 Å². The lowest BCUT2D eigenvalue weighted by molar-refractivity contribution is -0.125. The third-order valence-corrected chi connectivity index (χ3v) is 6.89. The topological polar surface area (TPSA) is 56.4 Å². The molecule has 7 heteroatoms. The molecule has 2 aliphatic rings. The van der Waals surface area contributed by atoms with Crippen LogP contribution in [-0.2, 0) is 11.3 Å². The molecule has 5 nitrogen and oxygen atoms in total. The van der Waals surface area contributed by atoms with Gasteiger partial charge < -0.3 is 5.32 Å². The van der Waals surface area contributed by atoms with Crippen molar-refractivity contribution >= 4 is 28.8 Å². The molecule has 0 aliphatic carbocycles. The number of amides is 1. The van der Waals surface area contributed by atoms with E-state index in [1.807, 2.05) is 35.6 Å². The second-order valence-corrected chi connectivity index (χ2v) is 9.17. The highest BCUT2D eigenvalue weighted by molar-refractivity contribution is 7.09. The number of nitrogens with one attached hydrogen (secondary N) is 3. The van der Waals surface area contributed by atoms with Gasteiger partial charge in [-0.2, -0.15) is 0 Å². The van der Waals surface area contributed by atoms with Crippen LogP contribution in [0.25, 0.3) is 0 Å². The average molecular weight is 419 g/mol. The number of carbonyl (C=O) groups is 1. The Bertz CT molecular complexity index is 759. The average Bonchev–Trinajstić information content (AvgIpc) is 3.40. The SMILES string of the molecule is O=C(NCC1CCN(Cc2cccs2)CC1)C1CNNC1c1ccc(Cl)cc1. The number of likely N-dealkylation sites (tertiary alicyclic amines) is 1. The minimum absolute atomic E-state index is 0.0232. The Morgan fingerprint density at radius 3 is 2.71 bits per heavy atom. The zero-order valence-electron chi connectivity index (χ0n) is 15.9. The predicted octanol–water partition coefficient (Wildman–Crippen LogP) is 3.20. The first-order valence-corrected chi connectivity index (χ1v) is 11.2. The molecule has 2 fully saturated rings. The quantitative estimate of drug-likeness (QED) is 0.674. The fourth-order valence-electron chi connectivity index (χ4n) is 4.07. The standard InChI is InChI=1S/C21H27ClN4OS/c22-17-5-3-16(4-6-17)20-19(13-24-25-20)21(27)23-12-15-7-9-26(10-8-15)14-18-2-1-11-28-18/h1-6,11,15,19-20,24-25H,7-10,12-14H2,(H,23,27). The summed E-state index contributed by atoms with van der Waals surface area (Å²) in [6.45, 7) is 4.68. The molecule has 28 heavy (non-hydrogen) atoms. The molecule has 2 aliphatic heterocycles. The van der Waals surface area contributed by atoms with Crippen molar-refractivity contribution < 1.29 is 4.79 Å². The van der Waals surface area contributed by atoms with Gasteiger partial charge in [-0.3, -0.25) is 15.1 Å². The molecule has 2 unspecified atom stereocenters. The van der Waals surface area contributed by atoms with Crippen molar-refractivity contribution in [2.45, 2.75) is 25.4 Å². The van der Waals surface area contributed by atoms with E-state index in [9.17, 15) is 4.79 Å². The van der Waals surface area contributed by atoms with Gasteiger partial charge in [0.05, 0.1) is 12.0 Å². The molecular weight excluding hydrogens is 392 g/mol. The summed E-state index contributed by atoms with van der Waals surface area (Å²) in [7, 11) is 0. The molecule has 4 rings (SSSR count). The third kappa shape index (κ3) is 4.93. The molecular formula is C21H27ClN4OS. The molecule has 1 aromatic heterocycles. The molecule has 2 atom stereocenters. The second-order valence-electron chi connectivity index (χ2n) is 7.70. The van der Waals surface area contributed by atoms with E-state index >= 15 is 0 Å². The van der Waals surface area contributed by atoms with Crippen LogP contribution in [0.15, 0.2) is 41.8 Å². The highest BCUT2D eigenvalue weighted by Crippen LogP contribution is 2.26. The Morgan fingerprint density at radius 1 is 1.21 bits per heavy atom. The van der Waals surface area contributed by atoms with E-state index in [0.717, 1.165) is 44.6 Å². The van der Waals surface area contributed by atoms with E-state index in [1.54, 1.807) is 0 Å². The van der Waals surface area contributed by atoms with Gasteiger partial charge in [0, 0.05) is 29.5 Å². The number of halogens is 1. The van der Waals surface area contributed by atoms with Gasteiger partial charge in [0.25, 0.3) is 0 Å². The Hall–Kier alpha value is -1.44. The summed E-state index contributed by atoms with van der Waals surface area (Å²) in [4.78, 5) is 16.7. The number of piperidine rings is 1. The van der Waals surface area contributed by atoms with Crippen LogP contribution in [0.4, 0.5) is 0 Å². The Labute approximate surface area is 175 Å². The minimum Gasteiger partial charge on any atom is -0.355 e. The molecule has 3 heterocycles. The highest BCUT2D eigenvalue weighted by Gasteiger charge is 2.34. The maximum absolute atomic E-state index is 12.8. The van der Waals surface area contributed by atoms with Crippen LogP contribution in [0.5, 0.6) is 0 Å². The summed E-state index contributed by atoms with van der Waals surface area (Å²) >= 11 is 7.81. The summed E-state index contributed by atoms with van der Waals surface area (Å²) in [6.07, 6.45) is 2.29. The lowest BCUT2D eigenvalue weighted by Gasteiger charge is -2.32. The van der Waals surface area contributed by atoms with Gasteiger partial charge in [0.2, 0.25) is 5.91 Å². The number of hydrazine groups is 1. The predicted molar refractivity (Wildman–Crippen MR) is 114 cm³/mol. The van der Waals surface area contributed by atoms with Crippen LogP contribution in [-0.4, -0.2) is 37.0 Å². The normalized spacial score (nSPS) is 23.8. The van der Waals surface area contributed by atoms with E-state index in [-0.39, 0.29) is 17.9 Å². The largest absolute Gasteiger partial charge is 0.355 e. The van der Waals surface area contributed by atoms with Crippen molar-refractivity contribution in [3.8, 4) is 0 Å². The van der Waals surface area contributed by atoms with Crippen LogP contribution in [0, 0.1) is 11.8 Å². The first kappa shape index (κ1) is 19.9. The zero-order chi connectivity index (χ0) is 19.3. The number of hydrogen-bond acceptors (Lipinski definition) is 5. The summed E-state index contributed by atoms with van der Waals surface area (Å²) in [6, 6.07) is 12.0. The maximum atomic E-state index is 12.8. The van der Waals surface area contributed by atoms with Crippen LogP contribution in [0.3, 0.4) is 0 Å². The van der Waals surface area contributed by atoms with Gasteiger partial charge in [-0.15, -0.1) is 11.3 Å². The molecule has 2 saturated heterocycles. The third-order valence-electron chi connectivity index (χ3n) is 5.78. The molecule has 0 saturated carbocycles. The Balaban J connectivity index is 1.23. The molecule has 2 aromatic rings. The molecule has 3 N–H and O–H groups in total. The number of nitrogens with zero attached hydrogens (tertiary/aromatic N) is 1. The van der Waals surface area contributed by atoms with Crippen LogP contribution in [0.1, 0.15) is 29.3 Å². The maximum Gasteiger partial charge on any atom is 0.226 e. The van der Waals surface area contributed by atoms with Gasteiger partial charge in [0.1, 0.15) is 0 Å². The van der Waals surface area contributed by atoms with Crippen LogP contribution < -0.4 is 16.2 Å². The van der Waals surface area contributed by atoms with Gasteiger partial charge >= 0.3 is 0 Å². The number of hydrogen-bond donors (Lipinski definition) is 3. The monoisotopic (exact) mass is 418 g/mol. The van der Waals surface area contributed by atoms with Gasteiger partial charge in [-0.1, -0.05) is 29.8 Å². The van der Waals surface area contributed by atoms with Gasteiger partial charge in [-0.05, 0) is 61.0 Å². The Kier molecular flexibility index (Phi) is 6.65. The van der Waals surface area contributed by atoms with Crippen molar-refractivity contribution in [3.05, 3.63) is 57.2 Å². The fourth-order valence-corrected chi connectivity index (χ4v) is 4.95. The van der Waals surface area contributed by atoms with Crippen molar-refractivity contribution in [2.24, 2.45) is 11.8 Å². The van der Waals surface area contributed by atoms with E-state index in [4.69, 9.17) is 11.6 Å². The fraction of sp³-hybridized carbons (Fsp3) is 0.476. The highest BCUT2D eigenvalue weighted by atomic mass is 35.5. The summed E-state index contributed by atoms with van der Waals surface area (Å²) in [5.41, 5.74) is 7.44. The Morgan fingerprint density at radius 2 is 2.00 bits per heavy atom. The summed E-state index contributed by atoms with van der Waals surface area (Å²) in [5, 5.41) is 6.05. The molecule has 1 aromatic carbocycles. The lowest BCUT2D eigenvalue weighted by Crippen LogP contribution is -2.41. The second kappa shape index (κ2) is 9.37. The van der Waals surface area contributed by atoms with E-state index < -0.39 is 0 Å². The van der Waals surface area contributed by atoms with E-state index in [1.165, 1.54) is 4.88 Å². The van der Waals surface area contributed by atoms with E-state index in [2.05, 4.69) is 38.6 Å².